The SMILES string of the molecule is O=C(NCC1COc2ccccc2O1)c1n[nH]c2c1CCCC2. The minimum Gasteiger partial charge on any atom is -0.486 e. The molecule has 4 rings (SSSR count). The Hall–Kier alpha value is -2.50. The van der Waals surface area contributed by atoms with Gasteiger partial charge in [-0.1, -0.05) is 12.1 Å². The molecule has 6 nitrogen and oxygen atoms in total. The summed E-state index contributed by atoms with van der Waals surface area (Å²) >= 11 is 0. The van der Waals surface area contributed by atoms with E-state index in [2.05, 4.69) is 15.5 Å². The maximum Gasteiger partial charge on any atom is 0.272 e. The second kappa shape index (κ2) is 5.95. The standard InChI is InChI=1S/C17H19N3O3/c21-17(16-12-5-1-2-6-13(12)19-20-16)18-9-11-10-22-14-7-3-4-8-15(14)23-11/h3-4,7-8,11H,1-2,5-6,9-10H2,(H,18,21)(H,19,20). The van der Waals surface area contributed by atoms with Crippen LogP contribution < -0.4 is 14.8 Å². The number of para-hydroxylation sites is 2. The molecule has 23 heavy (non-hydrogen) atoms. The van der Waals surface area contributed by atoms with Crippen LogP contribution in [0.2, 0.25) is 0 Å². The Morgan fingerprint density at radius 2 is 2.09 bits per heavy atom. The third-order valence-electron chi connectivity index (χ3n) is 4.33. The highest BCUT2D eigenvalue weighted by molar-refractivity contribution is 5.94. The fourth-order valence-electron chi connectivity index (χ4n) is 3.12. The van der Waals surface area contributed by atoms with E-state index in [1.165, 1.54) is 0 Å². The number of nitrogens with zero attached hydrogens (tertiary/aromatic N) is 1. The summed E-state index contributed by atoms with van der Waals surface area (Å²) in [5.41, 5.74) is 2.70. The van der Waals surface area contributed by atoms with Crippen LogP contribution in [-0.2, 0) is 12.8 Å². The summed E-state index contributed by atoms with van der Waals surface area (Å²) in [5, 5.41) is 10.1. The van der Waals surface area contributed by atoms with Gasteiger partial charge in [0.15, 0.2) is 17.2 Å². The first kappa shape index (κ1) is 14.1. The number of hydrogen-bond acceptors (Lipinski definition) is 4. The first-order valence-corrected chi connectivity index (χ1v) is 8.04. The first-order chi connectivity index (χ1) is 11.3. The van der Waals surface area contributed by atoms with Crippen molar-refractivity contribution in [3.8, 4) is 11.5 Å². The van der Waals surface area contributed by atoms with Gasteiger partial charge >= 0.3 is 0 Å². The molecular formula is C17H19N3O3. The molecule has 0 saturated heterocycles. The molecule has 1 amide bonds. The number of carbonyl (C=O) groups excluding carboxylic acids is 1. The number of fused-ring (bicyclic) bond motifs is 2. The van der Waals surface area contributed by atoms with Gasteiger partial charge in [-0.15, -0.1) is 0 Å². The van der Waals surface area contributed by atoms with Crippen molar-refractivity contribution in [2.24, 2.45) is 0 Å². The Morgan fingerprint density at radius 1 is 1.26 bits per heavy atom. The summed E-state index contributed by atoms with van der Waals surface area (Å²) in [7, 11) is 0. The van der Waals surface area contributed by atoms with Crippen molar-refractivity contribution in [1.82, 2.24) is 15.5 Å². The van der Waals surface area contributed by atoms with Gasteiger partial charge in [-0.3, -0.25) is 9.89 Å². The van der Waals surface area contributed by atoms with Gasteiger partial charge in [0.2, 0.25) is 0 Å². The van der Waals surface area contributed by atoms with Crippen LogP contribution in [0.25, 0.3) is 0 Å². The summed E-state index contributed by atoms with van der Waals surface area (Å²) in [6.45, 7) is 0.824. The molecule has 0 bridgehead atoms. The number of benzene rings is 1. The molecule has 1 aliphatic heterocycles. The van der Waals surface area contributed by atoms with E-state index in [4.69, 9.17) is 9.47 Å². The van der Waals surface area contributed by atoms with Crippen LogP contribution in [0.4, 0.5) is 0 Å². The van der Waals surface area contributed by atoms with E-state index in [0.29, 0.717) is 18.8 Å². The zero-order chi connectivity index (χ0) is 15.6. The molecular weight excluding hydrogens is 294 g/mol. The monoisotopic (exact) mass is 313 g/mol. The highest BCUT2D eigenvalue weighted by atomic mass is 16.6. The van der Waals surface area contributed by atoms with Crippen molar-refractivity contribution in [2.75, 3.05) is 13.2 Å². The summed E-state index contributed by atoms with van der Waals surface area (Å²) in [6.07, 6.45) is 3.98. The second-order valence-electron chi connectivity index (χ2n) is 5.94. The van der Waals surface area contributed by atoms with Crippen molar-refractivity contribution >= 4 is 5.91 Å². The Labute approximate surface area is 134 Å². The fourth-order valence-corrected chi connectivity index (χ4v) is 3.12. The van der Waals surface area contributed by atoms with Gasteiger partial charge in [0.1, 0.15) is 12.7 Å². The molecule has 1 aromatic heterocycles. The molecule has 0 radical (unpaired) electrons. The zero-order valence-electron chi connectivity index (χ0n) is 12.8. The molecule has 0 saturated carbocycles. The van der Waals surface area contributed by atoms with Gasteiger partial charge in [0, 0.05) is 11.3 Å². The molecule has 1 aliphatic carbocycles. The molecule has 0 fully saturated rings. The molecule has 1 aromatic carbocycles. The van der Waals surface area contributed by atoms with Crippen LogP contribution in [0.5, 0.6) is 11.5 Å². The van der Waals surface area contributed by atoms with E-state index in [1.54, 1.807) is 0 Å². The van der Waals surface area contributed by atoms with Gasteiger partial charge in [-0.05, 0) is 37.8 Å². The predicted molar refractivity (Wildman–Crippen MR) is 83.9 cm³/mol. The molecule has 6 heteroatoms. The molecule has 2 N–H and O–H groups in total. The first-order valence-electron chi connectivity index (χ1n) is 8.04. The lowest BCUT2D eigenvalue weighted by molar-refractivity contribution is 0.0786. The quantitative estimate of drug-likeness (QED) is 0.907. The van der Waals surface area contributed by atoms with Crippen LogP contribution in [0.3, 0.4) is 0 Å². The van der Waals surface area contributed by atoms with Crippen molar-refractivity contribution in [2.45, 2.75) is 31.8 Å². The molecule has 2 heterocycles. The topological polar surface area (TPSA) is 76.2 Å². The normalized spacial score (nSPS) is 19.0. The number of nitrogens with one attached hydrogen (secondary N) is 2. The lowest BCUT2D eigenvalue weighted by atomic mass is 9.96. The number of hydrogen-bond donors (Lipinski definition) is 2. The van der Waals surface area contributed by atoms with Gasteiger partial charge in [-0.25, -0.2) is 0 Å². The Bertz CT molecular complexity index is 726. The number of H-pyrrole nitrogens is 1. The minimum absolute atomic E-state index is 0.146. The lowest BCUT2D eigenvalue weighted by Gasteiger charge is -2.26. The summed E-state index contributed by atoms with van der Waals surface area (Å²) in [5.74, 6) is 1.32. The maximum atomic E-state index is 12.4. The number of rotatable bonds is 3. The van der Waals surface area contributed by atoms with Crippen molar-refractivity contribution in [3.05, 3.63) is 41.2 Å². The van der Waals surface area contributed by atoms with E-state index in [1.807, 2.05) is 24.3 Å². The van der Waals surface area contributed by atoms with Crippen LogP contribution in [0.1, 0.15) is 34.6 Å². The largest absolute Gasteiger partial charge is 0.486 e. The molecule has 1 unspecified atom stereocenters. The molecule has 1 atom stereocenters. The number of aryl methyl sites for hydroxylation is 1. The Morgan fingerprint density at radius 3 is 3.00 bits per heavy atom. The lowest BCUT2D eigenvalue weighted by Crippen LogP contribution is -2.41. The second-order valence-corrected chi connectivity index (χ2v) is 5.94. The minimum atomic E-state index is -0.191. The van der Waals surface area contributed by atoms with Gasteiger partial charge in [0.25, 0.3) is 5.91 Å². The Kier molecular flexibility index (Phi) is 3.65. The van der Waals surface area contributed by atoms with Crippen molar-refractivity contribution < 1.29 is 14.3 Å². The van der Waals surface area contributed by atoms with E-state index >= 15 is 0 Å². The van der Waals surface area contributed by atoms with E-state index in [-0.39, 0.29) is 12.0 Å². The molecule has 0 spiro atoms. The van der Waals surface area contributed by atoms with Crippen molar-refractivity contribution in [3.63, 3.8) is 0 Å². The van der Waals surface area contributed by atoms with Gasteiger partial charge < -0.3 is 14.8 Å². The van der Waals surface area contributed by atoms with Gasteiger partial charge in [-0.2, -0.15) is 5.10 Å². The third kappa shape index (κ3) is 2.76. The van der Waals surface area contributed by atoms with Crippen LogP contribution >= 0.6 is 0 Å². The van der Waals surface area contributed by atoms with Gasteiger partial charge in [0.05, 0.1) is 6.54 Å². The summed E-state index contributed by atoms with van der Waals surface area (Å²) in [4.78, 5) is 12.4. The maximum absolute atomic E-state index is 12.4. The third-order valence-corrected chi connectivity index (χ3v) is 4.33. The smallest absolute Gasteiger partial charge is 0.272 e. The average Bonchev–Trinajstić information content (AvgIpc) is 3.03. The van der Waals surface area contributed by atoms with Crippen LogP contribution in [0.15, 0.2) is 24.3 Å². The number of amides is 1. The number of carbonyl (C=O) groups is 1. The highest BCUT2D eigenvalue weighted by Crippen LogP contribution is 2.30. The summed E-state index contributed by atoms with van der Waals surface area (Å²) in [6, 6.07) is 7.55. The van der Waals surface area contributed by atoms with E-state index in [9.17, 15) is 4.79 Å². The zero-order valence-corrected chi connectivity index (χ0v) is 12.8. The predicted octanol–water partition coefficient (Wildman–Crippen LogP) is 1.86. The number of aromatic amines is 1. The van der Waals surface area contributed by atoms with E-state index in [0.717, 1.165) is 48.4 Å². The Balaban J connectivity index is 1.38. The summed E-state index contributed by atoms with van der Waals surface area (Å²) < 4.78 is 11.5. The van der Waals surface area contributed by atoms with Crippen molar-refractivity contribution in [1.29, 1.82) is 0 Å². The molecule has 120 valence electrons. The van der Waals surface area contributed by atoms with Crippen LogP contribution in [0, 0.1) is 0 Å². The highest BCUT2D eigenvalue weighted by Gasteiger charge is 2.24. The van der Waals surface area contributed by atoms with E-state index < -0.39 is 0 Å². The van der Waals surface area contributed by atoms with Crippen LogP contribution in [-0.4, -0.2) is 35.4 Å². The fraction of sp³-hybridized carbons (Fsp3) is 0.412. The number of ether oxygens (including phenoxy) is 2. The average molecular weight is 313 g/mol. The molecule has 2 aromatic rings. The molecule has 2 aliphatic rings. The number of aromatic nitrogens is 2.